The average molecular weight is 376 g/mol. The molecule has 10 heteroatoms. The van der Waals surface area contributed by atoms with Crippen molar-refractivity contribution in [2.24, 2.45) is 0 Å². The lowest BCUT2D eigenvalue weighted by Gasteiger charge is -2.37. The first kappa shape index (κ1) is 18.7. The summed E-state index contributed by atoms with van der Waals surface area (Å²) < 4.78 is 5.39. The third-order valence-corrected chi connectivity index (χ3v) is 4.26. The van der Waals surface area contributed by atoms with Gasteiger partial charge in [0.1, 0.15) is 11.4 Å². The minimum Gasteiger partial charge on any atom is -0.444 e. The number of carbonyl (C=O) groups is 3. The van der Waals surface area contributed by atoms with Gasteiger partial charge in [0, 0.05) is 26.2 Å². The number of amides is 4. The molecule has 3 rings (SSSR count). The highest BCUT2D eigenvalue weighted by Crippen LogP contribution is 2.29. The number of nitrogens with one attached hydrogen (secondary N) is 1. The van der Waals surface area contributed by atoms with Crippen LogP contribution in [0.15, 0.2) is 12.3 Å². The number of hydrogen-bond acceptors (Lipinski definition) is 7. The maximum absolute atomic E-state index is 12.2. The van der Waals surface area contributed by atoms with Gasteiger partial charge in [0.25, 0.3) is 5.91 Å². The lowest BCUT2D eigenvalue weighted by atomic mass is 10.2. The maximum Gasteiger partial charge on any atom is 0.410 e. The molecular formula is C17H24N6O4. The summed E-state index contributed by atoms with van der Waals surface area (Å²) in [4.78, 5) is 44.7. The molecule has 2 aliphatic rings. The van der Waals surface area contributed by atoms with Crippen LogP contribution in [0.2, 0.25) is 0 Å². The summed E-state index contributed by atoms with van der Waals surface area (Å²) >= 11 is 0. The highest BCUT2D eigenvalue weighted by atomic mass is 16.6. The van der Waals surface area contributed by atoms with E-state index < -0.39 is 11.6 Å². The molecule has 0 aliphatic carbocycles. The topological polar surface area (TPSA) is 121 Å². The van der Waals surface area contributed by atoms with Crippen molar-refractivity contribution in [2.75, 3.05) is 48.3 Å². The second-order valence-corrected chi connectivity index (χ2v) is 7.44. The molecule has 146 valence electrons. The Morgan fingerprint density at radius 1 is 1.22 bits per heavy atom. The number of urea groups is 1. The Morgan fingerprint density at radius 3 is 2.44 bits per heavy atom. The number of anilines is 3. The van der Waals surface area contributed by atoms with Crippen molar-refractivity contribution in [1.82, 2.24) is 15.2 Å². The van der Waals surface area contributed by atoms with Crippen LogP contribution >= 0.6 is 0 Å². The van der Waals surface area contributed by atoms with Crippen LogP contribution in [0.3, 0.4) is 0 Å². The smallest absolute Gasteiger partial charge is 0.410 e. The number of nitrogens with zero attached hydrogens (tertiary/aromatic N) is 4. The van der Waals surface area contributed by atoms with Gasteiger partial charge in [-0.05, 0) is 26.8 Å². The Labute approximate surface area is 157 Å². The fourth-order valence-electron chi connectivity index (χ4n) is 2.97. The van der Waals surface area contributed by atoms with Crippen LogP contribution in [0.1, 0.15) is 20.8 Å². The molecule has 3 heterocycles. The number of hydrogen-bond donors (Lipinski definition) is 2. The van der Waals surface area contributed by atoms with E-state index in [1.807, 2.05) is 25.7 Å². The van der Waals surface area contributed by atoms with Crippen LogP contribution in [0.25, 0.3) is 0 Å². The Balaban J connectivity index is 1.71. The third kappa shape index (κ3) is 4.04. The highest BCUT2D eigenvalue weighted by molar-refractivity contribution is 6.20. The van der Waals surface area contributed by atoms with Crippen LogP contribution in [-0.4, -0.2) is 66.2 Å². The molecule has 0 spiro atoms. The normalized spacial score (nSPS) is 18.0. The number of aromatic nitrogens is 1. The first-order valence-electron chi connectivity index (χ1n) is 8.75. The van der Waals surface area contributed by atoms with Gasteiger partial charge >= 0.3 is 12.1 Å². The zero-order chi connectivity index (χ0) is 19.8. The fourth-order valence-corrected chi connectivity index (χ4v) is 2.97. The zero-order valence-corrected chi connectivity index (χ0v) is 15.7. The van der Waals surface area contributed by atoms with Gasteiger partial charge in [-0.15, -0.1) is 0 Å². The van der Waals surface area contributed by atoms with Gasteiger partial charge in [-0.3, -0.25) is 4.79 Å². The number of pyridine rings is 1. The van der Waals surface area contributed by atoms with E-state index in [0.29, 0.717) is 43.4 Å². The van der Waals surface area contributed by atoms with Gasteiger partial charge in [-0.1, -0.05) is 0 Å². The summed E-state index contributed by atoms with van der Waals surface area (Å²) in [5.74, 6) is -0.0382. The van der Waals surface area contributed by atoms with Gasteiger partial charge in [0.15, 0.2) is 0 Å². The summed E-state index contributed by atoms with van der Waals surface area (Å²) in [6.45, 7) is 7.47. The summed E-state index contributed by atoms with van der Waals surface area (Å²) in [6, 6.07) is 1.20. The van der Waals surface area contributed by atoms with E-state index in [4.69, 9.17) is 10.5 Å². The van der Waals surface area contributed by atoms with Crippen molar-refractivity contribution < 1.29 is 19.1 Å². The van der Waals surface area contributed by atoms with Crippen molar-refractivity contribution in [3.8, 4) is 0 Å². The molecule has 0 radical (unpaired) electrons. The van der Waals surface area contributed by atoms with E-state index >= 15 is 0 Å². The predicted octanol–water partition coefficient (Wildman–Crippen LogP) is 0.777. The number of ether oxygens (including phenoxy) is 1. The lowest BCUT2D eigenvalue weighted by Crippen LogP contribution is -2.50. The molecule has 4 amide bonds. The molecule has 1 aromatic rings. The van der Waals surface area contributed by atoms with Crippen molar-refractivity contribution in [1.29, 1.82) is 0 Å². The second-order valence-electron chi connectivity index (χ2n) is 7.44. The fraction of sp³-hybridized carbons (Fsp3) is 0.529. The molecule has 0 bridgehead atoms. The summed E-state index contributed by atoms with van der Waals surface area (Å²) in [7, 11) is 0. The Morgan fingerprint density at radius 2 is 1.89 bits per heavy atom. The number of nitrogens with two attached hydrogens (primary N) is 1. The van der Waals surface area contributed by atoms with Crippen LogP contribution < -0.4 is 20.9 Å². The summed E-state index contributed by atoms with van der Waals surface area (Å²) in [5.41, 5.74) is 6.46. The highest BCUT2D eigenvalue weighted by Gasteiger charge is 2.32. The minimum atomic E-state index is -0.542. The van der Waals surface area contributed by atoms with Gasteiger partial charge in [-0.25, -0.2) is 19.5 Å². The van der Waals surface area contributed by atoms with Gasteiger partial charge in [0.2, 0.25) is 0 Å². The minimum absolute atomic E-state index is 0.0346. The molecular weight excluding hydrogens is 352 g/mol. The van der Waals surface area contributed by atoms with Crippen molar-refractivity contribution in [2.45, 2.75) is 26.4 Å². The number of imide groups is 1. The molecule has 0 saturated carbocycles. The van der Waals surface area contributed by atoms with Crippen molar-refractivity contribution in [3.05, 3.63) is 12.3 Å². The molecule has 2 aliphatic heterocycles. The third-order valence-electron chi connectivity index (χ3n) is 4.26. The second kappa shape index (κ2) is 6.93. The van der Waals surface area contributed by atoms with E-state index in [1.165, 1.54) is 6.20 Å². The lowest BCUT2D eigenvalue weighted by molar-refractivity contribution is -0.115. The van der Waals surface area contributed by atoms with E-state index in [-0.39, 0.29) is 18.5 Å². The van der Waals surface area contributed by atoms with Crippen LogP contribution in [-0.2, 0) is 9.53 Å². The predicted molar refractivity (Wildman–Crippen MR) is 99.6 cm³/mol. The standard InChI is InChI=1S/C17H24N6O4/c1-17(2,3)27-16(26)22-6-4-21(5-7-22)12-8-11(9-19-14(12)18)23-13(24)10-20-15(23)25/h8-9H,4-7,10H2,1-3H3,(H2,18,19)(H,20,25). The summed E-state index contributed by atoms with van der Waals surface area (Å²) in [5, 5.41) is 2.48. The Kier molecular flexibility index (Phi) is 4.81. The monoisotopic (exact) mass is 376 g/mol. The van der Waals surface area contributed by atoms with Crippen molar-refractivity contribution >= 4 is 35.2 Å². The number of piperazine rings is 1. The molecule has 1 aromatic heterocycles. The van der Waals surface area contributed by atoms with Crippen molar-refractivity contribution in [3.63, 3.8) is 0 Å². The maximum atomic E-state index is 12.2. The Hall–Kier alpha value is -3.04. The van der Waals surface area contributed by atoms with Gasteiger partial charge in [-0.2, -0.15) is 0 Å². The number of nitrogen functional groups attached to an aromatic ring is 1. The molecule has 10 nitrogen and oxygen atoms in total. The molecule has 0 atom stereocenters. The average Bonchev–Trinajstić information content (AvgIpc) is 2.93. The van der Waals surface area contributed by atoms with E-state index in [0.717, 1.165) is 4.90 Å². The largest absolute Gasteiger partial charge is 0.444 e. The first-order chi connectivity index (χ1) is 12.7. The van der Waals surface area contributed by atoms with Crippen LogP contribution in [0, 0.1) is 0 Å². The number of rotatable bonds is 2. The SMILES string of the molecule is CC(C)(C)OC(=O)N1CCN(c2cc(N3C(=O)CNC3=O)cnc2N)CC1. The Bertz CT molecular complexity index is 751. The van der Waals surface area contributed by atoms with E-state index in [2.05, 4.69) is 10.3 Å². The zero-order valence-electron chi connectivity index (χ0n) is 15.7. The molecule has 27 heavy (non-hydrogen) atoms. The molecule has 2 saturated heterocycles. The molecule has 0 unspecified atom stereocenters. The van der Waals surface area contributed by atoms with Gasteiger partial charge < -0.3 is 25.6 Å². The van der Waals surface area contributed by atoms with Crippen LogP contribution in [0.5, 0.6) is 0 Å². The van der Waals surface area contributed by atoms with E-state index in [1.54, 1.807) is 11.0 Å². The van der Waals surface area contributed by atoms with Crippen LogP contribution in [0.4, 0.5) is 26.8 Å². The van der Waals surface area contributed by atoms with E-state index in [9.17, 15) is 14.4 Å². The molecule has 2 fully saturated rings. The summed E-state index contributed by atoms with van der Waals surface area (Å²) in [6.07, 6.45) is 1.06. The van der Waals surface area contributed by atoms with Gasteiger partial charge in [0.05, 0.1) is 24.1 Å². The quantitative estimate of drug-likeness (QED) is 0.732. The first-order valence-corrected chi connectivity index (χ1v) is 8.75. The number of carbonyl (C=O) groups excluding carboxylic acids is 3. The molecule has 3 N–H and O–H groups in total. The molecule has 0 aromatic carbocycles.